The molecule has 2 aromatic heterocycles. The third-order valence-electron chi connectivity index (χ3n) is 7.18. The minimum atomic E-state index is 0.0392. The van der Waals surface area contributed by atoms with Gasteiger partial charge in [-0.2, -0.15) is 0 Å². The summed E-state index contributed by atoms with van der Waals surface area (Å²) in [6.07, 6.45) is 8.63. The highest BCUT2D eigenvalue weighted by Crippen LogP contribution is 2.46. The first-order valence-electron chi connectivity index (χ1n) is 12.2. The predicted octanol–water partition coefficient (Wildman–Crippen LogP) is 5.86. The fourth-order valence-electron chi connectivity index (χ4n) is 5.36. The van der Waals surface area contributed by atoms with Gasteiger partial charge in [-0.15, -0.1) is 0 Å². The van der Waals surface area contributed by atoms with Crippen molar-refractivity contribution >= 4 is 28.1 Å². The lowest BCUT2D eigenvalue weighted by Gasteiger charge is -2.28. The Balaban J connectivity index is 1.46. The summed E-state index contributed by atoms with van der Waals surface area (Å²) in [5, 5.41) is 9.04. The van der Waals surface area contributed by atoms with Gasteiger partial charge >= 0.3 is 0 Å². The van der Waals surface area contributed by atoms with Gasteiger partial charge in [-0.1, -0.05) is 54.8 Å². The first-order chi connectivity index (χ1) is 16.7. The van der Waals surface area contributed by atoms with Crippen LogP contribution in [-0.4, -0.2) is 35.6 Å². The van der Waals surface area contributed by atoms with Crippen LogP contribution in [0.1, 0.15) is 53.7 Å². The number of aromatic nitrogens is 2. The molecule has 0 unspecified atom stereocenters. The number of likely N-dealkylation sites (N-methyl/N-ethyl adjacent to an activating group) is 1. The molecule has 2 aromatic carbocycles. The van der Waals surface area contributed by atoms with E-state index in [4.69, 9.17) is 4.52 Å². The van der Waals surface area contributed by atoms with E-state index in [2.05, 4.69) is 33.5 Å². The van der Waals surface area contributed by atoms with Crippen molar-refractivity contribution in [3.63, 3.8) is 0 Å². The second-order valence-corrected chi connectivity index (χ2v) is 9.40. The zero-order valence-electron chi connectivity index (χ0n) is 19.4. The van der Waals surface area contributed by atoms with Gasteiger partial charge in [0.25, 0.3) is 0 Å². The Morgan fingerprint density at radius 2 is 1.85 bits per heavy atom. The molecule has 2 aliphatic rings. The van der Waals surface area contributed by atoms with Crippen molar-refractivity contribution in [2.24, 2.45) is 0 Å². The third kappa shape index (κ3) is 3.54. The highest BCUT2D eigenvalue weighted by molar-refractivity contribution is 6.28. The molecule has 0 saturated heterocycles. The normalized spacial score (nSPS) is 15.4. The van der Waals surface area contributed by atoms with Crippen LogP contribution in [0.15, 0.2) is 59.3 Å². The second kappa shape index (κ2) is 8.60. The predicted molar refractivity (Wildman–Crippen MR) is 135 cm³/mol. The van der Waals surface area contributed by atoms with Gasteiger partial charge in [0.15, 0.2) is 11.5 Å². The summed E-state index contributed by atoms with van der Waals surface area (Å²) in [6.45, 7) is 0.779. The third-order valence-corrected chi connectivity index (χ3v) is 7.18. The first kappa shape index (κ1) is 20.9. The summed E-state index contributed by atoms with van der Waals surface area (Å²) in [5.74, 6) is 0.726. The molecule has 2 aliphatic carbocycles. The van der Waals surface area contributed by atoms with Crippen LogP contribution in [0.5, 0.6) is 0 Å². The Morgan fingerprint density at radius 3 is 2.65 bits per heavy atom. The maximum Gasteiger partial charge on any atom is 0.196 e. The molecule has 6 nitrogen and oxygen atoms in total. The van der Waals surface area contributed by atoms with Crippen molar-refractivity contribution in [1.82, 2.24) is 10.1 Å². The fourth-order valence-corrected chi connectivity index (χ4v) is 5.36. The summed E-state index contributed by atoms with van der Waals surface area (Å²) in [5.41, 5.74) is 5.84. The van der Waals surface area contributed by atoms with Gasteiger partial charge in [-0.25, -0.2) is 0 Å². The van der Waals surface area contributed by atoms with Gasteiger partial charge in [0.2, 0.25) is 0 Å². The van der Waals surface area contributed by atoms with Crippen LogP contribution >= 0.6 is 0 Å². The quantitative estimate of drug-likeness (QED) is 0.348. The number of hydrogen-bond donors (Lipinski definition) is 1. The van der Waals surface area contributed by atoms with Crippen LogP contribution in [-0.2, 0) is 6.42 Å². The number of benzene rings is 2. The van der Waals surface area contributed by atoms with Gasteiger partial charge < -0.3 is 14.7 Å². The molecule has 0 radical (unpaired) electrons. The number of carbonyl (C=O) groups excluding carboxylic acids is 1. The van der Waals surface area contributed by atoms with Gasteiger partial charge in [0.05, 0.1) is 16.6 Å². The van der Waals surface area contributed by atoms with Crippen molar-refractivity contribution in [3.8, 4) is 11.3 Å². The number of fused-ring (bicyclic) bond motifs is 2. The topological polar surface area (TPSA) is 71.3 Å². The minimum absolute atomic E-state index is 0.0392. The van der Waals surface area contributed by atoms with E-state index in [1.807, 2.05) is 48.7 Å². The molecule has 2 heterocycles. The number of anilines is 2. The number of carbonyl (C=O) groups is 1. The van der Waals surface area contributed by atoms with Gasteiger partial charge in [0, 0.05) is 54.8 Å². The van der Waals surface area contributed by atoms with Crippen molar-refractivity contribution in [2.75, 3.05) is 23.8 Å². The smallest absolute Gasteiger partial charge is 0.196 e. The van der Waals surface area contributed by atoms with Gasteiger partial charge in [-0.05, 0) is 31.0 Å². The van der Waals surface area contributed by atoms with Gasteiger partial charge in [0.1, 0.15) is 5.52 Å². The molecule has 6 rings (SSSR count). The van der Waals surface area contributed by atoms with E-state index >= 15 is 0 Å². The summed E-state index contributed by atoms with van der Waals surface area (Å²) in [7, 11) is 2.07. The van der Waals surface area contributed by atoms with Crippen LogP contribution in [0.25, 0.3) is 22.2 Å². The number of ketones is 1. The lowest BCUT2D eigenvalue weighted by Crippen LogP contribution is -2.26. The van der Waals surface area contributed by atoms with E-state index in [9.17, 15) is 4.79 Å². The molecule has 0 aliphatic heterocycles. The Hall–Kier alpha value is -3.67. The molecule has 0 atom stereocenters. The van der Waals surface area contributed by atoms with Crippen LogP contribution < -0.4 is 10.2 Å². The molecule has 172 valence electrons. The molecule has 4 aromatic rings. The van der Waals surface area contributed by atoms with Crippen molar-refractivity contribution < 1.29 is 9.32 Å². The zero-order valence-corrected chi connectivity index (χ0v) is 19.4. The number of rotatable bonds is 6. The first-order valence-corrected chi connectivity index (χ1v) is 12.2. The lowest BCUT2D eigenvalue weighted by atomic mass is 9.86. The summed E-state index contributed by atoms with van der Waals surface area (Å²) >= 11 is 0. The molecule has 6 heteroatoms. The second-order valence-electron chi connectivity index (χ2n) is 9.40. The van der Waals surface area contributed by atoms with E-state index in [1.165, 1.54) is 19.3 Å². The van der Waals surface area contributed by atoms with Crippen molar-refractivity contribution in [3.05, 3.63) is 71.5 Å². The number of hydrogen-bond acceptors (Lipinski definition) is 6. The maximum atomic E-state index is 13.7. The molecule has 0 amide bonds. The highest BCUT2D eigenvalue weighted by Gasteiger charge is 2.33. The number of pyridine rings is 1. The Morgan fingerprint density at radius 1 is 1.06 bits per heavy atom. The van der Waals surface area contributed by atoms with Gasteiger partial charge in [-0.3, -0.25) is 9.78 Å². The van der Waals surface area contributed by atoms with E-state index < -0.39 is 0 Å². The molecule has 1 saturated carbocycles. The van der Waals surface area contributed by atoms with Crippen LogP contribution in [0.3, 0.4) is 0 Å². The monoisotopic (exact) mass is 452 g/mol. The van der Waals surface area contributed by atoms with Crippen LogP contribution in [0, 0.1) is 0 Å². The van der Waals surface area contributed by atoms with Crippen LogP contribution in [0.2, 0.25) is 0 Å². The zero-order chi connectivity index (χ0) is 23.1. The summed E-state index contributed by atoms with van der Waals surface area (Å²) in [4.78, 5) is 20.4. The molecule has 1 N–H and O–H groups in total. The van der Waals surface area contributed by atoms with E-state index in [-0.39, 0.29) is 5.78 Å². The van der Waals surface area contributed by atoms with E-state index in [1.54, 1.807) is 0 Å². The Kier molecular flexibility index (Phi) is 5.28. The highest BCUT2D eigenvalue weighted by atomic mass is 16.5. The standard InChI is InChI=1S/C28H28N4O2/c1-32(16-14-18-9-7-8-15-29-18)23-17-22(30-19-10-3-2-4-11-19)24-25-26(23)31-34-28(25)21-13-6-5-12-20(21)27(24)33/h5-9,12-13,15,17,19,30H,2-4,10-11,14,16H2,1H3. The molecule has 1 fully saturated rings. The van der Waals surface area contributed by atoms with E-state index in [0.717, 1.165) is 59.3 Å². The van der Waals surface area contributed by atoms with E-state index in [0.29, 0.717) is 22.9 Å². The minimum Gasteiger partial charge on any atom is -0.382 e. The number of nitrogens with zero attached hydrogens (tertiary/aromatic N) is 3. The molecule has 0 spiro atoms. The molecule has 34 heavy (non-hydrogen) atoms. The lowest BCUT2D eigenvalue weighted by molar-refractivity contribution is 0.104. The largest absolute Gasteiger partial charge is 0.382 e. The van der Waals surface area contributed by atoms with Crippen molar-refractivity contribution in [2.45, 2.75) is 44.6 Å². The molecular weight excluding hydrogens is 424 g/mol. The molecule has 0 bridgehead atoms. The molecular formula is C28H28N4O2. The van der Waals surface area contributed by atoms with Crippen molar-refractivity contribution in [1.29, 1.82) is 0 Å². The average Bonchev–Trinajstić information content (AvgIpc) is 3.32. The summed E-state index contributed by atoms with van der Waals surface area (Å²) in [6, 6.07) is 16.1. The Bertz CT molecular complexity index is 1360. The fraction of sp³-hybridized carbons (Fsp3) is 0.321. The summed E-state index contributed by atoms with van der Waals surface area (Å²) < 4.78 is 5.90. The maximum absolute atomic E-state index is 13.7. The van der Waals surface area contributed by atoms with Crippen LogP contribution in [0.4, 0.5) is 11.4 Å². The SMILES string of the molecule is CN(CCc1ccccn1)c1cc(NC2CCCCC2)c2c3c(onc13)-c1ccccc1C2=O. The Labute approximate surface area is 199 Å². The average molecular weight is 453 g/mol. The number of nitrogens with one attached hydrogen (secondary N) is 1.